The summed E-state index contributed by atoms with van der Waals surface area (Å²) in [5, 5.41) is 2.87. The first kappa shape index (κ1) is 24.3. The van der Waals surface area contributed by atoms with Crippen molar-refractivity contribution >= 4 is 15.9 Å². The number of methoxy groups -OCH3 is 1. The molecule has 0 aliphatic rings. The number of sulfonamides is 1. The van der Waals surface area contributed by atoms with Gasteiger partial charge >= 0.3 is 0 Å². The van der Waals surface area contributed by atoms with E-state index in [-0.39, 0.29) is 30.0 Å². The summed E-state index contributed by atoms with van der Waals surface area (Å²) in [6.07, 6.45) is 0. The molecular formula is C25H28N2O5S. The van der Waals surface area contributed by atoms with Gasteiger partial charge in [-0.05, 0) is 54.4 Å². The second kappa shape index (κ2) is 11.0. The van der Waals surface area contributed by atoms with Gasteiger partial charge < -0.3 is 14.8 Å². The lowest BCUT2D eigenvalue weighted by atomic mass is 10.1. The summed E-state index contributed by atoms with van der Waals surface area (Å²) in [5.41, 5.74) is 1.84. The molecule has 0 radical (unpaired) electrons. The highest BCUT2D eigenvalue weighted by molar-refractivity contribution is 7.89. The smallest absolute Gasteiger partial charge is 0.258 e. The van der Waals surface area contributed by atoms with Crippen LogP contribution >= 0.6 is 0 Å². The molecule has 0 aromatic heterocycles. The van der Waals surface area contributed by atoms with Crippen LogP contribution in [-0.4, -0.2) is 39.4 Å². The lowest BCUT2D eigenvalue weighted by molar-refractivity contribution is -0.123. The van der Waals surface area contributed by atoms with E-state index in [9.17, 15) is 13.2 Å². The van der Waals surface area contributed by atoms with Crippen LogP contribution in [0.25, 0.3) is 0 Å². The summed E-state index contributed by atoms with van der Waals surface area (Å²) >= 11 is 0. The molecule has 8 heteroatoms. The van der Waals surface area contributed by atoms with Gasteiger partial charge in [-0.3, -0.25) is 4.79 Å². The van der Waals surface area contributed by atoms with E-state index in [1.54, 1.807) is 26.3 Å². The Balaban J connectivity index is 1.53. The van der Waals surface area contributed by atoms with Crippen LogP contribution in [0.1, 0.15) is 24.1 Å². The minimum Gasteiger partial charge on any atom is -0.497 e. The molecule has 1 N–H and O–H groups in total. The molecule has 0 aliphatic heterocycles. The molecule has 0 unspecified atom stereocenters. The van der Waals surface area contributed by atoms with Crippen molar-refractivity contribution in [2.24, 2.45) is 0 Å². The van der Waals surface area contributed by atoms with Crippen molar-refractivity contribution in [3.63, 3.8) is 0 Å². The van der Waals surface area contributed by atoms with Gasteiger partial charge in [-0.15, -0.1) is 0 Å². The zero-order valence-corrected chi connectivity index (χ0v) is 19.7. The van der Waals surface area contributed by atoms with Gasteiger partial charge in [-0.2, -0.15) is 4.31 Å². The highest BCUT2D eigenvalue weighted by atomic mass is 32.2. The standard InChI is InChI=1S/C25H28N2O5S/c1-19(21-9-11-22(31-3)12-10-21)26-25(28)18-32-23-13-15-24(16-14-23)33(29,30)27(2)17-20-7-5-4-6-8-20/h4-16,19H,17-18H2,1-3H3,(H,26,28)/t19-/m0/s1. The zero-order chi connectivity index (χ0) is 23.8. The summed E-state index contributed by atoms with van der Waals surface area (Å²) in [6, 6.07) is 22.7. The average molecular weight is 469 g/mol. The van der Waals surface area contributed by atoms with Crippen LogP contribution < -0.4 is 14.8 Å². The normalized spacial score (nSPS) is 12.2. The number of carbonyl (C=O) groups is 1. The second-order valence-corrected chi connectivity index (χ2v) is 9.61. The van der Waals surface area contributed by atoms with Crippen molar-refractivity contribution in [3.05, 3.63) is 90.0 Å². The van der Waals surface area contributed by atoms with Crippen LogP contribution in [-0.2, 0) is 21.4 Å². The molecular weight excluding hydrogens is 440 g/mol. The van der Waals surface area contributed by atoms with Crippen LogP contribution in [0.15, 0.2) is 83.8 Å². The Kier molecular flexibility index (Phi) is 8.08. The highest BCUT2D eigenvalue weighted by Gasteiger charge is 2.21. The van der Waals surface area contributed by atoms with Crippen molar-refractivity contribution < 1.29 is 22.7 Å². The topological polar surface area (TPSA) is 84.9 Å². The van der Waals surface area contributed by atoms with E-state index in [0.29, 0.717) is 5.75 Å². The van der Waals surface area contributed by atoms with E-state index in [1.807, 2.05) is 61.5 Å². The molecule has 0 spiro atoms. The van der Waals surface area contributed by atoms with Crippen molar-refractivity contribution in [2.45, 2.75) is 24.4 Å². The molecule has 174 valence electrons. The van der Waals surface area contributed by atoms with Crippen molar-refractivity contribution in [1.82, 2.24) is 9.62 Å². The molecule has 0 heterocycles. The third-order valence-electron chi connectivity index (χ3n) is 5.14. The molecule has 3 aromatic carbocycles. The maximum atomic E-state index is 12.8. The summed E-state index contributed by atoms with van der Waals surface area (Å²) in [4.78, 5) is 12.4. The number of nitrogens with one attached hydrogen (secondary N) is 1. The first-order valence-corrected chi connectivity index (χ1v) is 11.9. The van der Waals surface area contributed by atoms with Gasteiger partial charge in [0.1, 0.15) is 11.5 Å². The number of carbonyl (C=O) groups excluding carboxylic acids is 1. The average Bonchev–Trinajstić information content (AvgIpc) is 2.83. The van der Waals surface area contributed by atoms with Gasteiger partial charge in [0.2, 0.25) is 10.0 Å². The predicted octanol–water partition coefficient (Wildman–Crippen LogP) is 3.77. The summed E-state index contributed by atoms with van der Waals surface area (Å²) in [7, 11) is -0.505. The zero-order valence-electron chi connectivity index (χ0n) is 18.9. The number of amides is 1. The van der Waals surface area contributed by atoms with E-state index in [0.717, 1.165) is 16.9 Å². The highest BCUT2D eigenvalue weighted by Crippen LogP contribution is 2.21. The maximum Gasteiger partial charge on any atom is 0.258 e. The van der Waals surface area contributed by atoms with E-state index >= 15 is 0 Å². The Morgan fingerprint density at radius 3 is 2.15 bits per heavy atom. The van der Waals surface area contributed by atoms with Crippen molar-refractivity contribution in [1.29, 1.82) is 0 Å². The minimum atomic E-state index is -3.65. The molecule has 0 bridgehead atoms. The fourth-order valence-electron chi connectivity index (χ4n) is 3.22. The lowest BCUT2D eigenvalue weighted by Gasteiger charge is -2.18. The molecule has 0 saturated heterocycles. The number of ether oxygens (including phenoxy) is 2. The van der Waals surface area contributed by atoms with E-state index in [1.165, 1.54) is 16.4 Å². The number of hydrogen-bond donors (Lipinski definition) is 1. The number of benzene rings is 3. The summed E-state index contributed by atoms with van der Waals surface area (Å²) < 4.78 is 37.6. The van der Waals surface area contributed by atoms with Gasteiger partial charge in [0, 0.05) is 13.6 Å². The molecule has 0 aliphatic carbocycles. The third-order valence-corrected chi connectivity index (χ3v) is 6.96. The minimum absolute atomic E-state index is 0.158. The molecule has 7 nitrogen and oxygen atoms in total. The lowest BCUT2D eigenvalue weighted by Crippen LogP contribution is -2.31. The SMILES string of the molecule is COc1ccc([C@H](C)NC(=O)COc2ccc(S(=O)(=O)N(C)Cc3ccccc3)cc2)cc1. The van der Waals surface area contributed by atoms with E-state index in [2.05, 4.69) is 5.32 Å². The summed E-state index contributed by atoms with van der Waals surface area (Å²) in [6.45, 7) is 1.97. The molecule has 33 heavy (non-hydrogen) atoms. The fraction of sp³-hybridized carbons (Fsp3) is 0.240. The fourth-order valence-corrected chi connectivity index (χ4v) is 4.38. The third kappa shape index (κ3) is 6.57. The van der Waals surface area contributed by atoms with Crippen LogP contribution in [0.5, 0.6) is 11.5 Å². The monoisotopic (exact) mass is 468 g/mol. The molecule has 1 amide bonds. The van der Waals surface area contributed by atoms with Crippen LogP contribution in [0.4, 0.5) is 0 Å². The van der Waals surface area contributed by atoms with E-state index in [4.69, 9.17) is 9.47 Å². The van der Waals surface area contributed by atoms with Gasteiger partial charge in [0.15, 0.2) is 6.61 Å². The Morgan fingerprint density at radius 2 is 1.55 bits per heavy atom. The summed E-state index contributed by atoms with van der Waals surface area (Å²) in [5.74, 6) is 0.877. The van der Waals surface area contributed by atoms with Crippen LogP contribution in [0.2, 0.25) is 0 Å². The maximum absolute atomic E-state index is 12.8. The van der Waals surface area contributed by atoms with Gasteiger partial charge in [0.25, 0.3) is 5.91 Å². The number of rotatable bonds is 10. The largest absolute Gasteiger partial charge is 0.497 e. The predicted molar refractivity (Wildman–Crippen MR) is 127 cm³/mol. The Labute approximate surface area is 195 Å². The Bertz CT molecular complexity index is 1150. The molecule has 3 aromatic rings. The molecule has 0 saturated carbocycles. The first-order chi connectivity index (χ1) is 15.8. The quantitative estimate of drug-likeness (QED) is 0.490. The molecule has 3 rings (SSSR count). The van der Waals surface area contributed by atoms with Crippen molar-refractivity contribution in [2.75, 3.05) is 20.8 Å². The van der Waals surface area contributed by atoms with Gasteiger partial charge in [-0.1, -0.05) is 42.5 Å². The van der Waals surface area contributed by atoms with Crippen LogP contribution in [0, 0.1) is 0 Å². The number of hydrogen-bond acceptors (Lipinski definition) is 5. The van der Waals surface area contributed by atoms with Gasteiger partial charge in [0.05, 0.1) is 18.0 Å². The molecule has 1 atom stereocenters. The Morgan fingerprint density at radius 1 is 0.939 bits per heavy atom. The Hall–Kier alpha value is -3.36. The van der Waals surface area contributed by atoms with Crippen molar-refractivity contribution in [3.8, 4) is 11.5 Å². The van der Waals surface area contributed by atoms with Crippen LogP contribution in [0.3, 0.4) is 0 Å². The number of nitrogens with zero attached hydrogens (tertiary/aromatic N) is 1. The first-order valence-electron chi connectivity index (χ1n) is 10.5. The molecule has 0 fully saturated rings. The second-order valence-electron chi connectivity index (χ2n) is 7.57. The van der Waals surface area contributed by atoms with E-state index < -0.39 is 10.0 Å². The van der Waals surface area contributed by atoms with Gasteiger partial charge in [-0.25, -0.2) is 8.42 Å².